The van der Waals surface area contributed by atoms with Gasteiger partial charge in [0.1, 0.15) is 11.3 Å². The number of fused-ring (bicyclic) bond motifs is 1. The zero-order valence-electron chi connectivity index (χ0n) is 11.8. The van der Waals surface area contributed by atoms with Crippen LogP contribution in [0.2, 0.25) is 0 Å². The van der Waals surface area contributed by atoms with Gasteiger partial charge in [0.05, 0.1) is 10.9 Å². The molecule has 5 heteroatoms. The minimum atomic E-state index is -0.271. The van der Waals surface area contributed by atoms with Gasteiger partial charge in [0.15, 0.2) is 5.82 Å². The molecule has 1 unspecified atom stereocenters. The van der Waals surface area contributed by atoms with Crippen LogP contribution in [0, 0.1) is 5.82 Å². The van der Waals surface area contributed by atoms with Crippen LogP contribution in [0.15, 0.2) is 18.2 Å². The van der Waals surface area contributed by atoms with Gasteiger partial charge in [-0.1, -0.05) is 6.07 Å². The molecule has 0 aliphatic carbocycles. The van der Waals surface area contributed by atoms with Crippen LogP contribution in [0.25, 0.3) is 11.0 Å². The highest BCUT2D eigenvalue weighted by atomic mass is 35.5. The molecule has 0 amide bonds. The van der Waals surface area contributed by atoms with Gasteiger partial charge in [0.25, 0.3) is 0 Å². The Labute approximate surface area is 123 Å². The van der Waals surface area contributed by atoms with E-state index in [9.17, 15) is 4.39 Å². The van der Waals surface area contributed by atoms with Gasteiger partial charge in [-0.25, -0.2) is 9.37 Å². The molecule has 1 saturated heterocycles. The molecule has 1 fully saturated rings. The summed E-state index contributed by atoms with van der Waals surface area (Å²) in [7, 11) is 2.13. The lowest BCUT2D eigenvalue weighted by Crippen LogP contribution is -2.32. The fourth-order valence-electron chi connectivity index (χ4n) is 3.02. The molecule has 108 valence electrons. The van der Waals surface area contributed by atoms with Crippen molar-refractivity contribution >= 4 is 22.6 Å². The number of piperidine rings is 1. The van der Waals surface area contributed by atoms with Crippen molar-refractivity contribution in [2.24, 2.45) is 0 Å². The summed E-state index contributed by atoms with van der Waals surface area (Å²) in [6.07, 6.45) is 2.10. The molecule has 1 atom stereocenters. The van der Waals surface area contributed by atoms with Crippen molar-refractivity contribution in [3.63, 3.8) is 0 Å². The summed E-state index contributed by atoms with van der Waals surface area (Å²) in [6.45, 7) is 4.00. The Balaban J connectivity index is 2.12. The van der Waals surface area contributed by atoms with Crippen molar-refractivity contribution in [2.45, 2.75) is 31.2 Å². The van der Waals surface area contributed by atoms with Crippen LogP contribution in [-0.2, 0) is 0 Å². The van der Waals surface area contributed by atoms with E-state index in [-0.39, 0.29) is 11.2 Å². The summed E-state index contributed by atoms with van der Waals surface area (Å²) in [4.78, 5) is 6.77. The highest BCUT2D eigenvalue weighted by molar-refractivity contribution is 6.20. The first-order valence-electron chi connectivity index (χ1n) is 7.07. The summed E-state index contributed by atoms with van der Waals surface area (Å²) in [6, 6.07) is 5.49. The molecule has 20 heavy (non-hydrogen) atoms. The van der Waals surface area contributed by atoms with Crippen LogP contribution >= 0.6 is 11.6 Å². The third-order valence-corrected chi connectivity index (χ3v) is 4.30. The van der Waals surface area contributed by atoms with Gasteiger partial charge in [-0.3, -0.25) is 0 Å². The maximum atomic E-state index is 13.9. The zero-order chi connectivity index (χ0) is 14.3. The highest BCUT2D eigenvalue weighted by Gasteiger charge is 2.25. The van der Waals surface area contributed by atoms with Crippen LogP contribution in [0.4, 0.5) is 4.39 Å². The van der Waals surface area contributed by atoms with Gasteiger partial charge in [-0.2, -0.15) is 0 Å². The van der Waals surface area contributed by atoms with E-state index in [0.717, 1.165) is 37.3 Å². The first-order chi connectivity index (χ1) is 9.58. The van der Waals surface area contributed by atoms with Crippen LogP contribution in [0.3, 0.4) is 0 Å². The summed E-state index contributed by atoms with van der Waals surface area (Å²) in [5, 5.41) is -0.221. The molecule has 1 aliphatic heterocycles. The van der Waals surface area contributed by atoms with Crippen LogP contribution in [0.1, 0.15) is 37.0 Å². The van der Waals surface area contributed by atoms with Crippen molar-refractivity contribution < 1.29 is 4.39 Å². The summed E-state index contributed by atoms with van der Waals surface area (Å²) in [5.74, 6) is 0.508. The van der Waals surface area contributed by atoms with Gasteiger partial charge in [0.2, 0.25) is 0 Å². The third-order valence-electron chi connectivity index (χ3n) is 4.11. The van der Waals surface area contributed by atoms with E-state index < -0.39 is 0 Å². The minimum absolute atomic E-state index is 0.221. The monoisotopic (exact) mass is 295 g/mol. The Morgan fingerprint density at radius 2 is 2.05 bits per heavy atom. The van der Waals surface area contributed by atoms with Crippen molar-refractivity contribution in [2.75, 3.05) is 20.1 Å². The number of para-hydroxylation sites is 1. The molecule has 0 radical (unpaired) electrons. The van der Waals surface area contributed by atoms with Gasteiger partial charge < -0.3 is 9.47 Å². The molecule has 0 N–H and O–H groups in total. The number of hydrogen-bond donors (Lipinski definition) is 0. The summed E-state index contributed by atoms with van der Waals surface area (Å²) < 4.78 is 16.1. The normalized spacial score (nSPS) is 19.6. The van der Waals surface area contributed by atoms with E-state index in [1.54, 1.807) is 6.07 Å². The number of benzene rings is 1. The van der Waals surface area contributed by atoms with Gasteiger partial charge in [-0.05, 0) is 52.0 Å². The second-order valence-electron chi connectivity index (χ2n) is 5.60. The number of imidazole rings is 1. The lowest BCUT2D eigenvalue weighted by molar-refractivity contribution is 0.221. The largest absolute Gasteiger partial charge is 0.323 e. The predicted octanol–water partition coefficient (Wildman–Crippen LogP) is 3.74. The van der Waals surface area contributed by atoms with E-state index in [4.69, 9.17) is 11.6 Å². The van der Waals surface area contributed by atoms with Crippen LogP contribution in [-0.4, -0.2) is 34.6 Å². The van der Waals surface area contributed by atoms with E-state index >= 15 is 0 Å². The lowest BCUT2D eigenvalue weighted by Gasteiger charge is -2.31. The molecule has 2 heterocycles. The first-order valence-corrected chi connectivity index (χ1v) is 7.50. The lowest BCUT2D eigenvalue weighted by atomic mass is 10.0. The second-order valence-corrected chi connectivity index (χ2v) is 6.25. The second kappa shape index (κ2) is 5.34. The highest BCUT2D eigenvalue weighted by Crippen LogP contribution is 2.33. The summed E-state index contributed by atoms with van der Waals surface area (Å²) >= 11 is 6.26. The molecule has 0 saturated carbocycles. The molecule has 1 aromatic heterocycles. The smallest absolute Gasteiger partial charge is 0.151 e. The number of halogens is 2. The zero-order valence-corrected chi connectivity index (χ0v) is 12.6. The molecular weight excluding hydrogens is 277 g/mol. The Hall–Kier alpha value is -1.13. The maximum absolute atomic E-state index is 13.9. The molecule has 0 spiro atoms. The molecule has 1 aliphatic rings. The number of aromatic nitrogens is 2. The number of alkyl halides is 1. The fraction of sp³-hybridized carbons (Fsp3) is 0.533. The van der Waals surface area contributed by atoms with Crippen molar-refractivity contribution in [3.05, 3.63) is 29.8 Å². The molecule has 3 nitrogen and oxygen atoms in total. The van der Waals surface area contributed by atoms with E-state index in [0.29, 0.717) is 11.6 Å². The molecule has 3 rings (SSSR count). The predicted molar refractivity (Wildman–Crippen MR) is 79.7 cm³/mol. The molecule has 1 aromatic carbocycles. The van der Waals surface area contributed by atoms with Crippen molar-refractivity contribution in [3.8, 4) is 0 Å². The van der Waals surface area contributed by atoms with Crippen LogP contribution < -0.4 is 0 Å². The summed E-state index contributed by atoms with van der Waals surface area (Å²) in [5.41, 5.74) is 1.30. The minimum Gasteiger partial charge on any atom is -0.323 e. The Bertz CT molecular complexity index is 615. The van der Waals surface area contributed by atoms with Crippen LogP contribution in [0.5, 0.6) is 0 Å². The number of likely N-dealkylation sites (tertiary alicyclic amines) is 1. The van der Waals surface area contributed by atoms with Gasteiger partial charge >= 0.3 is 0 Å². The molecular formula is C15H19ClFN3. The van der Waals surface area contributed by atoms with E-state index in [2.05, 4.69) is 21.5 Å². The quantitative estimate of drug-likeness (QED) is 0.787. The van der Waals surface area contributed by atoms with Crippen molar-refractivity contribution in [1.29, 1.82) is 0 Å². The number of hydrogen-bond acceptors (Lipinski definition) is 2. The average Bonchev–Trinajstić information content (AvgIpc) is 2.81. The topological polar surface area (TPSA) is 21.1 Å². The van der Waals surface area contributed by atoms with Gasteiger partial charge in [0, 0.05) is 6.04 Å². The van der Waals surface area contributed by atoms with E-state index in [1.807, 2.05) is 13.0 Å². The number of rotatable bonds is 2. The SMILES string of the molecule is CC(Cl)c1nc2c(F)cccc2n1C1CCN(C)CC1. The Morgan fingerprint density at radius 1 is 1.35 bits per heavy atom. The average molecular weight is 296 g/mol. The third kappa shape index (κ3) is 2.31. The van der Waals surface area contributed by atoms with E-state index in [1.165, 1.54) is 6.07 Å². The number of nitrogens with zero attached hydrogens (tertiary/aromatic N) is 3. The first kappa shape index (κ1) is 13.8. The molecule has 2 aromatic rings. The standard InChI is InChI=1S/C15H19ClFN3/c1-10(16)15-18-14-12(17)4-3-5-13(14)20(15)11-6-8-19(2)9-7-11/h3-5,10-11H,6-9H2,1-2H3. The Kier molecular flexibility index (Phi) is 3.69. The van der Waals surface area contributed by atoms with Crippen molar-refractivity contribution in [1.82, 2.24) is 14.5 Å². The fourth-order valence-corrected chi connectivity index (χ4v) is 3.17. The Morgan fingerprint density at radius 3 is 2.70 bits per heavy atom. The molecule has 0 bridgehead atoms. The van der Waals surface area contributed by atoms with Gasteiger partial charge in [-0.15, -0.1) is 11.6 Å². The maximum Gasteiger partial charge on any atom is 0.151 e.